The highest BCUT2D eigenvalue weighted by Gasteiger charge is 2.17. The Balaban J connectivity index is 1.19. The lowest BCUT2D eigenvalue weighted by Gasteiger charge is -2.11. The van der Waals surface area contributed by atoms with Crippen LogP contribution in [0.1, 0.15) is 17.3 Å². The molecule has 0 unspecified atom stereocenters. The van der Waals surface area contributed by atoms with E-state index in [1.807, 2.05) is 85.8 Å². The van der Waals surface area contributed by atoms with Crippen molar-refractivity contribution in [1.29, 1.82) is 0 Å². The highest BCUT2D eigenvalue weighted by molar-refractivity contribution is 7.22. The molecule has 9 heteroatoms. The number of amides is 1. The second-order valence-electron chi connectivity index (χ2n) is 9.06. The molecule has 0 bridgehead atoms. The first-order valence-corrected chi connectivity index (χ1v) is 13.8. The second kappa shape index (κ2) is 11.5. The number of rotatable bonds is 8. The number of benzene rings is 4. The second-order valence-corrected chi connectivity index (χ2v) is 10.1. The van der Waals surface area contributed by atoms with E-state index in [1.54, 1.807) is 18.2 Å². The van der Waals surface area contributed by atoms with E-state index in [2.05, 4.69) is 10.3 Å². The van der Waals surface area contributed by atoms with Crippen LogP contribution in [-0.2, 0) is 9.53 Å². The third-order valence-electron chi connectivity index (χ3n) is 6.25. The summed E-state index contributed by atoms with van der Waals surface area (Å²) in [5, 5.41) is 3.11. The molecule has 0 radical (unpaired) electrons. The molecule has 6 rings (SSSR count). The molecule has 4 aromatic carbocycles. The van der Waals surface area contributed by atoms with Gasteiger partial charge in [0.25, 0.3) is 5.91 Å². The summed E-state index contributed by atoms with van der Waals surface area (Å²) >= 11 is 1.32. The molecule has 0 aliphatic carbocycles. The first-order valence-electron chi connectivity index (χ1n) is 13.0. The molecule has 2 aromatic heterocycles. The zero-order valence-corrected chi connectivity index (χ0v) is 22.9. The number of esters is 1. The van der Waals surface area contributed by atoms with Crippen molar-refractivity contribution in [1.82, 2.24) is 15.0 Å². The zero-order valence-electron chi connectivity index (χ0n) is 22.0. The molecule has 0 atom stereocenters. The number of aromatic nitrogens is 3. The van der Waals surface area contributed by atoms with Crippen molar-refractivity contribution in [2.45, 2.75) is 6.92 Å². The van der Waals surface area contributed by atoms with Crippen molar-refractivity contribution in [3.63, 3.8) is 0 Å². The molecule has 2 heterocycles. The van der Waals surface area contributed by atoms with Crippen molar-refractivity contribution >= 4 is 49.6 Å². The van der Waals surface area contributed by atoms with Gasteiger partial charge in [-0.2, -0.15) is 0 Å². The summed E-state index contributed by atoms with van der Waals surface area (Å²) in [6, 6.07) is 30.2. The van der Waals surface area contributed by atoms with Gasteiger partial charge in [0.1, 0.15) is 5.75 Å². The van der Waals surface area contributed by atoms with Gasteiger partial charge in [-0.25, -0.2) is 19.7 Å². The van der Waals surface area contributed by atoms with Gasteiger partial charge < -0.3 is 9.47 Å². The molecule has 41 heavy (non-hydrogen) atoms. The van der Waals surface area contributed by atoms with Gasteiger partial charge in [0.15, 0.2) is 11.7 Å². The molecule has 1 amide bonds. The topological polar surface area (TPSA) is 103 Å². The number of hydrogen-bond acceptors (Lipinski definition) is 8. The van der Waals surface area contributed by atoms with Crippen molar-refractivity contribution in [3.8, 4) is 28.3 Å². The fraction of sp³-hybridized carbons (Fsp3) is 0.0938. The minimum atomic E-state index is -0.636. The zero-order chi connectivity index (χ0) is 28.2. The lowest BCUT2D eigenvalue weighted by atomic mass is 10.0. The summed E-state index contributed by atoms with van der Waals surface area (Å²) in [5.74, 6) is -0.382. The number of thiazole rings is 1. The van der Waals surface area contributed by atoms with Crippen LogP contribution in [0.15, 0.2) is 97.1 Å². The molecule has 202 valence electrons. The van der Waals surface area contributed by atoms with Crippen molar-refractivity contribution in [2.24, 2.45) is 0 Å². The monoisotopic (exact) mass is 560 g/mol. The highest BCUT2D eigenvalue weighted by Crippen LogP contribution is 2.31. The Morgan fingerprint density at radius 3 is 2.10 bits per heavy atom. The number of carbonyl (C=O) groups excluding carboxylic acids is 2. The predicted molar refractivity (Wildman–Crippen MR) is 160 cm³/mol. The maximum Gasteiger partial charge on any atom is 0.338 e. The fourth-order valence-electron chi connectivity index (χ4n) is 4.36. The van der Waals surface area contributed by atoms with E-state index in [9.17, 15) is 9.59 Å². The largest absolute Gasteiger partial charge is 0.494 e. The van der Waals surface area contributed by atoms with Crippen LogP contribution in [0.3, 0.4) is 0 Å². The van der Waals surface area contributed by atoms with Gasteiger partial charge in [-0.05, 0) is 43.3 Å². The highest BCUT2D eigenvalue weighted by atomic mass is 32.1. The quantitative estimate of drug-likeness (QED) is 0.205. The Labute approximate surface area is 239 Å². The van der Waals surface area contributed by atoms with Gasteiger partial charge in [-0.15, -0.1) is 0 Å². The molecule has 0 saturated carbocycles. The molecule has 0 aliphatic rings. The third kappa shape index (κ3) is 5.75. The van der Waals surface area contributed by atoms with Gasteiger partial charge in [0.05, 0.1) is 44.8 Å². The molecule has 0 saturated heterocycles. The molecule has 8 nitrogen and oxygen atoms in total. The SMILES string of the molecule is CCOc1ccc2nc(NC(=O)COC(=O)c3ccc4nc(-c5ccccc5)c(-c5ccccc5)nc4c3)sc2c1. The van der Waals surface area contributed by atoms with E-state index < -0.39 is 18.5 Å². The summed E-state index contributed by atoms with van der Waals surface area (Å²) in [6.07, 6.45) is 0. The molecule has 0 aliphatic heterocycles. The molecule has 0 spiro atoms. The Morgan fingerprint density at radius 1 is 0.756 bits per heavy atom. The molecule has 0 fully saturated rings. The molecule has 6 aromatic rings. The maximum absolute atomic E-state index is 12.9. The number of nitrogens with zero attached hydrogens (tertiary/aromatic N) is 3. The smallest absolute Gasteiger partial charge is 0.338 e. The average Bonchev–Trinajstić information content (AvgIpc) is 3.41. The van der Waals surface area contributed by atoms with Crippen molar-refractivity contribution in [2.75, 3.05) is 18.5 Å². The van der Waals surface area contributed by atoms with Crippen molar-refractivity contribution in [3.05, 3.63) is 103 Å². The lowest BCUT2D eigenvalue weighted by Crippen LogP contribution is -2.20. The van der Waals surface area contributed by atoms with Crippen molar-refractivity contribution < 1.29 is 19.1 Å². The van der Waals surface area contributed by atoms with Gasteiger partial charge in [0.2, 0.25) is 0 Å². The van der Waals surface area contributed by atoms with Crippen LogP contribution in [0, 0.1) is 0 Å². The Kier molecular flexibility index (Phi) is 7.34. The molecule has 1 N–H and O–H groups in total. The van der Waals surface area contributed by atoms with Gasteiger partial charge in [-0.1, -0.05) is 72.0 Å². The number of anilines is 1. The minimum absolute atomic E-state index is 0.273. The molecular formula is C32H24N4O4S. The minimum Gasteiger partial charge on any atom is -0.494 e. The first-order chi connectivity index (χ1) is 20.1. The summed E-state index contributed by atoms with van der Waals surface area (Å²) in [6.45, 7) is 2.02. The number of nitrogens with one attached hydrogen (secondary N) is 1. The van der Waals surface area contributed by atoms with Gasteiger partial charge >= 0.3 is 5.97 Å². The van der Waals surface area contributed by atoms with Gasteiger partial charge in [0, 0.05) is 11.1 Å². The van der Waals surface area contributed by atoms with Crippen LogP contribution < -0.4 is 10.1 Å². The standard InChI is InChI=1S/C32H24N4O4S/c1-2-39-23-14-16-25-27(18-23)41-32(35-25)36-28(37)19-40-31(38)22-13-15-24-26(17-22)34-30(21-11-7-4-8-12-21)29(33-24)20-9-5-3-6-10-20/h3-18H,2,19H2,1H3,(H,35,36,37). The van der Waals surface area contributed by atoms with E-state index in [4.69, 9.17) is 19.4 Å². The Bertz CT molecular complexity index is 1870. The molecular weight excluding hydrogens is 536 g/mol. The van der Waals surface area contributed by atoms with E-state index in [-0.39, 0.29) is 5.56 Å². The van der Waals surface area contributed by atoms with Crippen LogP contribution >= 0.6 is 11.3 Å². The predicted octanol–water partition coefficient (Wildman–Crippen LogP) is 6.77. The van der Waals surface area contributed by atoms with Gasteiger partial charge in [-0.3, -0.25) is 10.1 Å². The first kappa shape index (κ1) is 26.1. The lowest BCUT2D eigenvalue weighted by molar-refractivity contribution is -0.119. The average molecular weight is 561 g/mol. The van der Waals surface area contributed by atoms with E-state index >= 15 is 0 Å². The summed E-state index contributed by atoms with van der Waals surface area (Å²) in [5.41, 5.74) is 5.51. The summed E-state index contributed by atoms with van der Waals surface area (Å²) in [7, 11) is 0. The van der Waals surface area contributed by atoms with E-state index in [1.165, 1.54) is 11.3 Å². The Hall–Kier alpha value is -5.15. The van der Waals surface area contributed by atoms with Crippen LogP contribution in [0.25, 0.3) is 43.8 Å². The van der Waals surface area contributed by atoms with Crippen LogP contribution in [0.2, 0.25) is 0 Å². The maximum atomic E-state index is 12.9. The van der Waals surface area contributed by atoms with Crippen LogP contribution in [0.5, 0.6) is 5.75 Å². The summed E-state index contributed by atoms with van der Waals surface area (Å²) < 4.78 is 11.7. The van der Waals surface area contributed by atoms with Crippen LogP contribution in [-0.4, -0.2) is 40.0 Å². The van der Waals surface area contributed by atoms with E-state index in [0.717, 1.165) is 32.8 Å². The van der Waals surface area contributed by atoms with Crippen LogP contribution in [0.4, 0.5) is 5.13 Å². The number of carbonyl (C=O) groups is 2. The normalized spacial score (nSPS) is 11.0. The Morgan fingerprint density at radius 2 is 1.41 bits per heavy atom. The number of hydrogen-bond donors (Lipinski definition) is 1. The summed E-state index contributed by atoms with van der Waals surface area (Å²) in [4.78, 5) is 39.5. The fourth-order valence-corrected chi connectivity index (χ4v) is 5.27. The van der Waals surface area contributed by atoms with E-state index in [0.29, 0.717) is 28.5 Å². The number of ether oxygens (including phenoxy) is 2. The third-order valence-corrected chi connectivity index (χ3v) is 7.18. The number of fused-ring (bicyclic) bond motifs is 2.